The maximum Gasteiger partial charge on any atom is 0.312 e. The number of carbonyl (C=O) groups is 2. The molecule has 0 aromatic carbocycles. The van der Waals surface area contributed by atoms with E-state index in [0.717, 1.165) is 23.0 Å². The Bertz CT molecular complexity index is 655. The number of esters is 1. The first-order valence-corrected chi connectivity index (χ1v) is 10.4. The number of rotatable bonds is 4. The smallest absolute Gasteiger partial charge is 0.312 e. The van der Waals surface area contributed by atoms with Gasteiger partial charge in [0, 0.05) is 4.32 Å². The van der Waals surface area contributed by atoms with Crippen LogP contribution in [0.3, 0.4) is 0 Å². The van der Waals surface area contributed by atoms with Crippen LogP contribution in [0.5, 0.6) is 0 Å². The standard InChI is InChI=1S/C17H18Br2O3S/c18-14-2-1-13(23-14)12(20)8-22-15(21)16-4-10-3-11(5-16)7-17(19,6-10)9-16/h1-2,10-11H,3-9H2. The predicted octanol–water partition coefficient (Wildman–Crippen LogP) is 4.97. The van der Waals surface area contributed by atoms with Crippen LogP contribution in [0.4, 0.5) is 0 Å². The van der Waals surface area contributed by atoms with E-state index >= 15 is 0 Å². The molecular weight excluding hydrogens is 444 g/mol. The Kier molecular flexibility index (Phi) is 4.01. The van der Waals surface area contributed by atoms with E-state index in [1.165, 1.54) is 30.6 Å². The molecule has 4 saturated carbocycles. The van der Waals surface area contributed by atoms with Gasteiger partial charge in [-0.15, -0.1) is 11.3 Å². The van der Waals surface area contributed by atoms with E-state index in [1.807, 2.05) is 6.07 Å². The molecule has 1 aromatic rings. The molecule has 4 fully saturated rings. The molecule has 0 aliphatic heterocycles. The van der Waals surface area contributed by atoms with Gasteiger partial charge in [-0.1, -0.05) is 15.9 Å². The number of ketones is 1. The fourth-order valence-corrected chi connectivity index (χ4v) is 7.97. The number of alkyl halides is 1. The number of hydrogen-bond donors (Lipinski definition) is 0. The molecule has 0 spiro atoms. The SMILES string of the molecule is O=C(COC(=O)C12CC3CC(CC(Br)(C3)C1)C2)c1ccc(Br)s1. The Hall–Kier alpha value is -0.200. The monoisotopic (exact) mass is 460 g/mol. The zero-order valence-corrected chi connectivity index (χ0v) is 16.6. The number of hydrogen-bond acceptors (Lipinski definition) is 4. The molecule has 6 heteroatoms. The minimum atomic E-state index is -0.357. The first-order chi connectivity index (χ1) is 10.9. The summed E-state index contributed by atoms with van der Waals surface area (Å²) in [5.41, 5.74) is -0.357. The molecule has 124 valence electrons. The molecule has 0 radical (unpaired) electrons. The second-order valence-corrected chi connectivity index (χ2v) is 11.6. The van der Waals surface area contributed by atoms with E-state index in [0.29, 0.717) is 16.7 Å². The average molecular weight is 462 g/mol. The van der Waals surface area contributed by atoms with Crippen LogP contribution in [0.2, 0.25) is 0 Å². The Morgan fingerprint density at radius 2 is 1.91 bits per heavy atom. The number of ether oxygens (including phenoxy) is 1. The van der Waals surface area contributed by atoms with Crippen LogP contribution in [0, 0.1) is 17.3 Å². The zero-order valence-electron chi connectivity index (χ0n) is 12.6. The van der Waals surface area contributed by atoms with Crippen LogP contribution < -0.4 is 0 Å². The second kappa shape index (κ2) is 5.67. The third kappa shape index (κ3) is 2.95. The van der Waals surface area contributed by atoms with Crippen molar-refractivity contribution in [3.8, 4) is 0 Å². The average Bonchev–Trinajstić information content (AvgIpc) is 2.88. The largest absolute Gasteiger partial charge is 0.457 e. The van der Waals surface area contributed by atoms with Crippen molar-refractivity contribution in [3.63, 3.8) is 0 Å². The quantitative estimate of drug-likeness (QED) is 0.361. The van der Waals surface area contributed by atoms with Crippen molar-refractivity contribution in [2.45, 2.75) is 42.8 Å². The molecule has 4 aliphatic carbocycles. The molecule has 4 aliphatic rings. The summed E-state index contributed by atoms with van der Waals surface area (Å²) >= 11 is 8.62. The van der Waals surface area contributed by atoms with Crippen molar-refractivity contribution in [3.05, 3.63) is 20.8 Å². The molecule has 0 amide bonds. The van der Waals surface area contributed by atoms with Crippen molar-refractivity contribution in [1.82, 2.24) is 0 Å². The van der Waals surface area contributed by atoms with Crippen molar-refractivity contribution in [2.24, 2.45) is 17.3 Å². The number of carbonyl (C=O) groups excluding carboxylic acids is 2. The van der Waals surface area contributed by atoms with Gasteiger partial charge in [-0.3, -0.25) is 9.59 Å². The van der Waals surface area contributed by atoms with Crippen molar-refractivity contribution >= 4 is 54.9 Å². The van der Waals surface area contributed by atoms with Gasteiger partial charge < -0.3 is 4.74 Å². The highest BCUT2D eigenvalue weighted by atomic mass is 79.9. The molecule has 23 heavy (non-hydrogen) atoms. The van der Waals surface area contributed by atoms with Crippen LogP contribution in [-0.2, 0) is 9.53 Å². The number of thiophene rings is 1. The highest BCUT2D eigenvalue weighted by molar-refractivity contribution is 9.11. The van der Waals surface area contributed by atoms with E-state index < -0.39 is 0 Å². The number of Topliss-reactive ketones (excluding diaryl/α,β-unsaturated/α-hetero) is 1. The summed E-state index contributed by atoms with van der Waals surface area (Å²) in [4.78, 5) is 25.6. The lowest BCUT2D eigenvalue weighted by Gasteiger charge is -2.58. The van der Waals surface area contributed by atoms with Crippen molar-refractivity contribution in [1.29, 1.82) is 0 Å². The molecule has 1 aromatic heterocycles. The molecule has 0 N–H and O–H groups in total. The van der Waals surface area contributed by atoms with E-state index in [9.17, 15) is 9.59 Å². The van der Waals surface area contributed by atoms with Crippen molar-refractivity contribution in [2.75, 3.05) is 6.61 Å². The molecule has 3 nitrogen and oxygen atoms in total. The molecule has 2 unspecified atom stereocenters. The van der Waals surface area contributed by atoms with Crippen LogP contribution >= 0.6 is 43.2 Å². The van der Waals surface area contributed by atoms with Gasteiger partial charge in [0.2, 0.25) is 5.78 Å². The first kappa shape index (κ1) is 16.3. The van der Waals surface area contributed by atoms with E-state index in [4.69, 9.17) is 4.74 Å². The van der Waals surface area contributed by atoms with E-state index in [1.54, 1.807) is 6.07 Å². The molecule has 5 rings (SSSR count). The summed E-state index contributed by atoms with van der Waals surface area (Å²) < 4.78 is 6.51. The first-order valence-electron chi connectivity index (χ1n) is 8.02. The van der Waals surface area contributed by atoms with Crippen LogP contribution in [0.15, 0.2) is 15.9 Å². The van der Waals surface area contributed by atoms with Crippen molar-refractivity contribution < 1.29 is 14.3 Å². The van der Waals surface area contributed by atoms with E-state index in [2.05, 4.69) is 31.9 Å². The van der Waals surface area contributed by atoms with Crippen LogP contribution in [0.25, 0.3) is 0 Å². The van der Waals surface area contributed by atoms with Gasteiger partial charge >= 0.3 is 5.97 Å². The number of halogens is 2. The second-order valence-electron chi connectivity index (χ2n) is 7.50. The fraction of sp³-hybridized carbons (Fsp3) is 0.647. The fourth-order valence-electron chi connectivity index (χ4n) is 5.21. The third-order valence-corrected chi connectivity index (χ3v) is 8.20. The Labute approximate surface area is 156 Å². The minimum Gasteiger partial charge on any atom is -0.457 e. The highest BCUT2D eigenvalue weighted by Gasteiger charge is 2.60. The van der Waals surface area contributed by atoms with Gasteiger partial charge in [0.15, 0.2) is 6.61 Å². The lowest BCUT2D eigenvalue weighted by molar-refractivity contribution is -0.168. The highest BCUT2D eigenvalue weighted by Crippen LogP contribution is 2.64. The summed E-state index contributed by atoms with van der Waals surface area (Å²) in [7, 11) is 0. The molecule has 2 atom stereocenters. The van der Waals surface area contributed by atoms with Gasteiger partial charge in [0.05, 0.1) is 14.1 Å². The summed E-state index contributed by atoms with van der Waals surface area (Å²) in [6.07, 6.45) is 6.36. The normalized spacial score (nSPS) is 37.8. The Morgan fingerprint density at radius 3 is 2.48 bits per heavy atom. The molecule has 0 saturated heterocycles. The summed E-state index contributed by atoms with van der Waals surface area (Å²) in [6.45, 7) is -0.141. The van der Waals surface area contributed by atoms with Gasteiger partial charge in [-0.05, 0) is 78.4 Å². The van der Waals surface area contributed by atoms with Crippen LogP contribution in [-0.4, -0.2) is 22.7 Å². The molecule has 4 bridgehead atoms. The topological polar surface area (TPSA) is 43.4 Å². The lowest BCUT2D eigenvalue weighted by Crippen LogP contribution is -2.56. The molecule has 1 heterocycles. The Morgan fingerprint density at radius 1 is 1.22 bits per heavy atom. The van der Waals surface area contributed by atoms with Crippen LogP contribution in [0.1, 0.15) is 48.2 Å². The summed E-state index contributed by atoms with van der Waals surface area (Å²) in [5, 5.41) is 0. The van der Waals surface area contributed by atoms with Gasteiger partial charge in [0.25, 0.3) is 0 Å². The van der Waals surface area contributed by atoms with E-state index in [-0.39, 0.29) is 28.1 Å². The third-order valence-electron chi connectivity index (χ3n) is 5.61. The van der Waals surface area contributed by atoms with Gasteiger partial charge in [-0.25, -0.2) is 0 Å². The molecular formula is C17H18Br2O3S. The predicted molar refractivity (Wildman–Crippen MR) is 96.1 cm³/mol. The van der Waals surface area contributed by atoms with Gasteiger partial charge in [0.1, 0.15) is 0 Å². The Balaban J connectivity index is 1.44. The maximum absolute atomic E-state index is 12.8. The summed E-state index contributed by atoms with van der Waals surface area (Å²) in [5.74, 6) is 0.992. The maximum atomic E-state index is 12.8. The minimum absolute atomic E-state index is 0.118. The lowest BCUT2D eigenvalue weighted by atomic mass is 9.49. The van der Waals surface area contributed by atoms with Gasteiger partial charge in [-0.2, -0.15) is 0 Å². The zero-order chi connectivity index (χ0) is 16.2. The summed E-state index contributed by atoms with van der Waals surface area (Å²) in [6, 6.07) is 3.61.